The molecule has 0 amide bonds. The van der Waals surface area contributed by atoms with Crippen LogP contribution in [0.4, 0.5) is 11.6 Å². The molecule has 0 bridgehead atoms. The van der Waals surface area contributed by atoms with Crippen LogP contribution in [0, 0.1) is 5.92 Å². The summed E-state index contributed by atoms with van der Waals surface area (Å²) < 4.78 is 0. The molecule has 0 aliphatic carbocycles. The van der Waals surface area contributed by atoms with Gasteiger partial charge in [0.1, 0.15) is 18.0 Å². The van der Waals surface area contributed by atoms with Crippen molar-refractivity contribution in [2.75, 3.05) is 23.8 Å². The predicted molar refractivity (Wildman–Crippen MR) is 66.8 cm³/mol. The van der Waals surface area contributed by atoms with Crippen LogP contribution in [-0.2, 0) is 0 Å². The number of aromatic nitrogens is 2. The molecule has 4 nitrogen and oxygen atoms in total. The minimum atomic E-state index is 0.573. The molecule has 0 aromatic carbocycles. The first-order chi connectivity index (χ1) is 7.70. The highest BCUT2D eigenvalue weighted by Gasteiger charge is 2.23. The molecule has 0 saturated carbocycles. The Morgan fingerprint density at radius 2 is 2.19 bits per heavy atom. The molecule has 2 heterocycles. The summed E-state index contributed by atoms with van der Waals surface area (Å²) in [5.41, 5.74) is 0. The second-order valence-corrected chi connectivity index (χ2v) is 4.68. The van der Waals surface area contributed by atoms with Gasteiger partial charge in [-0.2, -0.15) is 0 Å². The van der Waals surface area contributed by atoms with Crippen molar-refractivity contribution >= 4 is 11.6 Å². The van der Waals surface area contributed by atoms with Gasteiger partial charge in [0.25, 0.3) is 0 Å². The smallest absolute Gasteiger partial charge is 0.134 e. The van der Waals surface area contributed by atoms with Gasteiger partial charge in [-0.25, -0.2) is 9.97 Å². The largest absolute Gasteiger partial charge is 0.373 e. The van der Waals surface area contributed by atoms with E-state index >= 15 is 0 Å². The number of nitrogens with one attached hydrogen (secondary N) is 1. The molecule has 0 radical (unpaired) electrons. The molecule has 0 spiro atoms. The quantitative estimate of drug-likeness (QED) is 0.829. The van der Waals surface area contributed by atoms with E-state index in [0.717, 1.165) is 24.1 Å². The van der Waals surface area contributed by atoms with Crippen LogP contribution in [0.3, 0.4) is 0 Å². The van der Waals surface area contributed by atoms with E-state index in [1.54, 1.807) is 6.33 Å². The topological polar surface area (TPSA) is 41.0 Å². The molecule has 4 heteroatoms. The lowest BCUT2D eigenvalue weighted by Gasteiger charge is -2.37. The fourth-order valence-electron chi connectivity index (χ4n) is 2.39. The highest BCUT2D eigenvalue weighted by molar-refractivity contribution is 5.48. The summed E-state index contributed by atoms with van der Waals surface area (Å²) in [7, 11) is 1.88. The third-order valence-corrected chi connectivity index (χ3v) is 3.34. The van der Waals surface area contributed by atoms with E-state index in [0.29, 0.717) is 6.04 Å². The zero-order chi connectivity index (χ0) is 11.5. The van der Waals surface area contributed by atoms with E-state index in [1.165, 1.54) is 12.8 Å². The van der Waals surface area contributed by atoms with Gasteiger partial charge in [0.2, 0.25) is 0 Å². The van der Waals surface area contributed by atoms with Gasteiger partial charge in [-0.3, -0.25) is 0 Å². The van der Waals surface area contributed by atoms with Crippen molar-refractivity contribution in [1.29, 1.82) is 0 Å². The van der Waals surface area contributed by atoms with Gasteiger partial charge in [0.15, 0.2) is 0 Å². The molecule has 16 heavy (non-hydrogen) atoms. The minimum Gasteiger partial charge on any atom is -0.373 e. The van der Waals surface area contributed by atoms with Gasteiger partial charge >= 0.3 is 0 Å². The van der Waals surface area contributed by atoms with Gasteiger partial charge in [-0.05, 0) is 25.7 Å². The fourth-order valence-corrected chi connectivity index (χ4v) is 2.39. The lowest BCUT2D eigenvalue weighted by atomic mass is 9.93. The van der Waals surface area contributed by atoms with E-state index in [2.05, 4.69) is 34.0 Å². The van der Waals surface area contributed by atoms with Crippen LogP contribution < -0.4 is 10.2 Å². The van der Waals surface area contributed by atoms with Gasteiger partial charge in [-0.1, -0.05) is 6.92 Å². The van der Waals surface area contributed by atoms with E-state index in [1.807, 2.05) is 13.1 Å². The highest BCUT2D eigenvalue weighted by atomic mass is 15.2. The van der Waals surface area contributed by atoms with Crippen LogP contribution in [0.25, 0.3) is 0 Å². The molecule has 88 valence electrons. The Balaban J connectivity index is 2.16. The number of nitrogens with zero attached hydrogens (tertiary/aromatic N) is 3. The molecular weight excluding hydrogens is 200 g/mol. The van der Waals surface area contributed by atoms with E-state index in [-0.39, 0.29) is 0 Å². The first kappa shape index (κ1) is 11.2. The van der Waals surface area contributed by atoms with Gasteiger partial charge in [0.05, 0.1) is 0 Å². The lowest BCUT2D eigenvalue weighted by molar-refractivity contribution is 0.376. The molecule has 1 N–H and O–H groups in total. The summed E-state index contributed by atoms with van der Waals surface area (Å²) in [5, 5.41) is 3.05. The maximum atomic E-state index is 4.36. The second-order valence-electron chi connectivity index (χ2n) is 4.68. The molecule has 1 saturated heterocycles. The summed E-state index contributed by atoms with van der Waals surface area (Å²) in [6.45, 7) is 5.70. The normalized spacial score (nSPS) is 25.6. The second kappa shape index (κ2) is 4.68. The summed E-state index contributed by atoms with van der Waals surface area (Å²) in [4.78, 5) is 10.9. The number of hydrogen-bond acceptors (Lipinski definition) is 4. The van der Waals surface area contributed by atoms with Crippen molar-refractivity contribution in [3.63, 3.8) is 0 Å². The molecule has 2 rings (SSSR count). The third-order valence-electron chi connectivity index (χ3n) is 3.34. The van der Waals surface area contributed by atoms with Crippen LogP contribution in [0.5, 0.6) is 0 Å². The van der Waals surface area contributed by atoms with Crippen LogP contribution in [0.2, 0.25) is 0 Å². The van der Waals surface area contributed by atoms with Crippen molar-refractivity contribution in [3.8, 4) is 0 Å². The highest BCUT2D eigenvalue weighted by Crippen LogP contribution is 2.26. The first-order valence-corrected chi connectivity index (χ1v) is 5.97. The van der Waals surface area contributed by atoms with Crippen molar-refractivity contribution in [1.82, 2.24) is 9.97 Å². The Morgan fingerprint density at radius 3 is 2.88 bits per heavy atom. The standard InChI is InChI=1S/C12H20N4/c1-9-4-5-16(10(2)6-9)12-7-11(13-3)14-8-15-12/h7-10H,4-6H2,1-3H3,(H,13,14,15). The summed E-state index contributed by atoms with van der Waals surface area (Å²) in [6, 6.07) is 2.59. The number of hydrogen-bond donors (Lipinski definition) is 1. The van der Waals surface area contributed by atoms with Crippen LogP contribution >= 0.6 is 0 Å². The number of piperidine rings is 1. The van der Waals surface area contributed by atoms with Crippen LogP contribution in [-0.4, -0.2) is 29.6 Å². The summed E-state index contributed by atoms with van der Waals surface area (Å²) >= 11 is 0. The summed E-state index contributed by atoms with van der Waals surface area (Å²) in [5.74, 6) is 2.76. The Hall–Kier alpha value is -1.32. The fraction of sp³-hybridized carbons (Fsp3) is 0.667. The van der Waals surface area contributed by atoms with Crippen LogP contribution in [0.15, 0.2) is 12.4 Å². The van der Waals surface area contributed by atoms with Crippen molar-refractivity contribution in [3.05, 3.63) is 12.4 Å². The van der Waals surface area contributed by atoms with Gasteiger partial charge < -0.3 is 10.2 Å². The van der Waals surface area contributed by atoms with E-state index in [4.69, 9.17) is 0 Å². The average molecular weight is 220 g/mol. The van der Waals surface area contributed by atoms with Gasteiger partial charge in [-0.15, -0.1) is 0 Å². The van der Waals surface area contributed by atoms with Crippen molar-refractivity contribution < 1.29 is 0 Å². The maximum absolute atomic E-state index is 4.36. The van der Waals surface area contributed by atoms with E-state index in [9.17, 15) is 0 Å². The average Bonchev–Trinajstić information content (AvgIpc) is 2.29. The summed E-state index contributed by atoms with van der Waals surface area (Å²) in [6.07, 6.45) is 4.13. The molecule has 1 aliphatic heterocycles. The molecule has 1 aromatic rings. The molecule has 1 aliphatic rings. The zero-order valence-corrected chi connectivity index (χ0v) is 10.3. The lowest BCUT2D eigenvalue weighted by Crippen LogP contribution is -2.40. The number of rotatable bonds is 2. The first-order valence-electron chi connectivity index (χ1n) is 5.97. The number of anilines is 2. The molecular formula is C12H20N4. The van der Waals surface area contributed by atoms with Crippen molar-refractivity contribution in [2.45, 2.75) is 32.7 Å². The van der Waals surface area contributed by atoms with Crippen LogP contribution in [0.1, 0.15) is 26.7 Å². The minimum absolute atomic E-state index is 0.573. The maximum Gasteiger partial charge on any atom is 0.134 e. The van der Waals surface area contributed by atoms with Gasteiger partial charge in [0, 0.05) is 25.7 Å². The third kappa shape index (κ3) is 2.26. The molecule has 2 unspecified atom stereocenters. The Labute approximate surface area is 97.1 Å². The zero-order valence-electron chi connectivity index (χ0n) is 10.3. The van der Waals surface area contributed by atoms with Crippen molar-refractivity contribution in [2.24, 2.45) is 5.92 Å². The Bertz CT molecular complexity index is 353. The Morgan fingerprint density at radius 1 is 1.38 bits per heavy atom. The predicted octanol–water partition coefficient (Wildman–Crippen LogP) is 2.14. The monoisotopic (exact) mass is 220 g/mol. The van der Waals surface area contributed by atoms with E-state index < -0.39 is 0 Å². The molecule has 1 aromatic heterocycles. The SMILES string of the molecule is CNc1cc(N2CCC(C)CC2C)ncn1. The molecule has 2 atom stereocenters. The molecule has 1 fully saturated rings. The Kier molecular flexibility index (Phi) is 3.27.